The van der Waals surface area contributed by atoms with Gasteiger partial charge in [-0.25, -0.2) is 0 Å². The van der Waals surface area contributed by atoms with E-state index in [1.807, 2.05) is 6.92 Å². The Bertz CT molecular complexity index is 1860. The first kappa shape index (κ1) is 57.1. The average Bonchev–Trinajstić information content (AvgIpc) is 3.20. The molecule has 0 bridgehead atoms. The summed E-state index contributed by atoms with van der Waals surface area (Å²) < 4.78 is 274. The van der Waals surface area contributed by atoms with Gasteiger partial charge in [0.1, 0.15) is 23.3 Å². The molecule has 0 spiro atoms. The Morgan fingerprint density at radius 2 is 0.746 bits per heavy atom. The van der Waals surface area contributed by atoms with E-state index in [4.69, 9.17) is 14.0 Å². The zero-order valence-electron chi connectivity index (χ0n) is 36.9. The normalized spacial score (nSPS) is 13.8. The lowest BCUT2D eigenvalue weighted by Gasteiger charge is -2.47. The third-order valence-electron chi connectivity index (χ3n) is 11.0. The second-order valence-corrected chi connectivity index (χ2v) is 16.2. The van der Waals surface area contributed by atoms with Crippen LogP contribution < -0.4 is 14.0 Å². The molecule has 0 aromatic heterocycles. The molecule has 0 fully saturated rings. The van der Waals surface area contributed by atoms with Crippen molar-refractivity contribution in [2.75, 3.05) is 19.6 Å². The van der Waals surface area contributed by atoms with Crippen LogP contribution in [-0.2, 0) is 37.1 Å². The molecule has 0 aliphatic carbocycles. The Labute approximate surface area is 376 Å². The number of benzene rings is 3. The fourth-order valence-corrected chi connectivity index (χ4v) is 7.71. The first-order valence-corrected chi connectivity index (χ1v) is 21.6. The summed E-state index contributed by atoms with van der Waals surface area (Å²) in [7, 11) is -3.27. The van der Waals surface area contributed by atoms with Crippen molar-refractivity contribution in [3.8, 4) is 17.2 Å². The highest BCUT2D eigenvalue weighted by molar-refractivity contribution is 6.39. The van der Waals surface area contributed by atoms with Gasteiger partial charge >= 0.3 is 44.4 Å². The van der Waals surface area contributed by atoms with E-state index >= 15 is 13.2 Å². The average molecular weight is 995 g/mol. The zero-order chi connectivity index (χ0) is 50.8. The van der Waals surface area contributed by atoms with Gasteiger partial charge in [0.15, 0.2) is 0 Å². The summed E-state index contributed by atoms with van der Waals surface area (Å²) in [5.74, 6) is -4.54. The molecule has 0 radical (unpaired) electrons. The highest BCUT2D eigenvalue weighted by Gasteiger charge is 2.49. The molecular weight excluding hydrogens is 943 g/mol. The van der Waals surface area contributed by atoms with Crippen molar-refractivity contribution in [3.05, 3.63) is 87.5 Å². The van der Waals surface area contributed by atoms with Gasteiger partial charge < -0.3 is 18.4 Å². The molecule has 23 heteroatoms. The van der Waals surface area contributed by atoms with Crippen LogP contribution in [-0.4, -0.2) is 31.4 Å². The van der Waals surface area contributed by atoms with Gasteiger partial charge in [-0.3, -0.25) is 0 Å². The first-order valence-electron chi connectivity index (χ1n) is 21.6. The second-order valence-electron chi connectivity index (χ2n) is 16.2. The molecule has 3 aromatic rings. The quantitative estimate of drug-likeness (QED) is 0.0410. The Hall–Kier alpha value is -4.18. The Balaban J connectivity index is 2.61. The SMILES string of the molecule is CCCCCCCC(c1c(OB(Oc2cc(C(F)(F)F)cc(C(F)(F)F)c2)Oc2cc(C(F)(F)F)cc(C(F)(F)F)c2)cc(C(F)(F)F)cc1C(F)(F)F)[N+](CCCC)(CCCC)CCCC. The molecule has 1 unspecified atom stereocenters. The van der Waals surface area contributed by atoms with Gasteiger partial charge in [-0.2, -0.15) is 79.0 Å². The van der Waals surface area contributed by atoms with Crippen LogP contribution in [0.3, 0.4) is 0 Å². The maximum Gasteiger partial charge on any atom is 0.864 e. The van der Waals surface area contributed by atoms with Crippen molar-refractivity contribution in [2.24, 2.45) is 0 Å². The second kappa shape index (κ2) is 23.0. The van der Waals surface area contributed by atoms with E-state index in [-0.39, 0.29) is 73.4 Å². The molecule has 0 aliphatic rings. The number of unbranched alkanes of at least 4 members (excludes halogenated alkanes) is 7. The topological polar surface area (TPSA) is 27.7 Å². The fourth-order valence-electron chi connectivity index (χ4n) is 7.71. The summed E-state index contributed by atoms with van der Waals surface area (Å²) in [5.41, 5.74) is -13.3. The van der Waals surface area contributed by atoms with Crippen LogP contribution in [0.2, 0.25) is 0 Å². The number of alkyl halides is 18. The van der Waals surface area contributed by atoms with E-state index in [1.54, 1.807) is 20.8 Å². The number of hydrogen-bond acceptors (Lipinski definition) is 3. The fraction of sp³-hybridized carbons (Fsp3) is 0.591. The van der Waals surface area contributed by atoms with Crippen molar-refractivity contribution in [1.82, 2.24) is 0 Å². The molecule has 67 heavy (non-hydrogen) atoms. The van der Waals surface area contributed by atoms with Crippen LogP contribution in [0.25, 0.3) is 0 Å². The molecule has 0 saturated heterocycles. The number of rotatable bonds is 23. The van der Waals surface area contributed by atoms with E-state index < -0.39 is 119 Å². The monoisotopic (exact) mass is 994 g/mol. The van der Waals surface area contributed by atoms with Crippen LogP contribution in [0.1, 0.15) is 150 Å². The van der Waals surface area contributed by atoms with Crippen molar-refractivity contribution in [2.45, 2.75) is 148 Å². The minimum Gasteiger partial charge on any atom is -0.490 e. The molecule has 0 amide bonds. The van der Waals surface area contributed by atoms with Gasteiger partial charge in [-0.1, -0.05) is 72.6 Å². The van der Waals surface area contributed by atoms with Gasteiger partial charge in [0, 0.05) is 6.42 Å². The van der Waals surface area contributed by atoms with E-state index in [9.17, 15) is 65.9 Å². The molecule has 3 rings (SSSR count). The molecule has 0 saturated carbocycles. The summed E-state index contributed by atoms with van der Waals surface area (Å²) >= 11 is 0. The van der Waals surface area contributed by atoms with Crippen LogP contribution in [0, 0.1) is 0 Å². The van der Waals surface area contributed by atoms with Crippen molar-refractivity contribution in [1.29, 1.82) is 0 Å². The standard InChI is InChI=1S/C44H51BF18NO3/c1-5-9-13-14-15-16-36(64(17-10-6-2,18-11-7-3)19-12-8-4)38-35(44(61,62)63)26-32(43(58,59)60)27-37(38)67-45(65-33-22-28(39(46,47)48)20-29(23-33)40(49,50)51)66-34-24-30(41(52,53)54)21-31(25-34)42(55,56)57/h20-27,36H,5-19H2,1-4H3/q+1. The predicted octanol–water partition coefficient (Wildman–Crippen LogP) is 16.9. The van der Waals surface area contributed by atoms with Gasteiger partial charge in [0.05, 0.1) is 58.6 Å². The van der Waals surface area contributed by atoms with Crippen molar-refractivity contribution < 1.29 is 97.5 Å². The summed E-state index contributed by atoms with van der Waals surface area (Å²) in [6.45, 7) is 7.75. The lowest BCUT2D eigenvalue weighted by Crippen LogP contribution is -2.53. The zero-order valence-corrected chi connectivity index (χ0v) is 36.9. The molecule has 0 aliphatic heterocycles. The van der Waals surface area contributed by atoms with Crippen molar-refractivity contribution in [3.63, 3.8) is 0 Å². The minimum atomic E-state index is -5.65. The van der Waals surface area contributed by atoms with Gasteiger partial charge in [-0.15, -0.1) is 0 Å². The van der Waals surface area contributed by atoms with Gasteiger partial charge in [0.2, 0.25) is 0 Å². The minimum absolute atomic E-state index is 0.0447. The van der Waals surface area contributed by atoms with Crippen LogP contribution in [0.4, 0.5) is 79.0 Å². The molecule has 3 aromatic carbocycles. The van der Waals surface area contributed by atoms with E-state index in [0.717, 1.165) is 6.42 Å². The number of nitrogens with zero attached hydrogens (tertiary/aromatic N) is 1. The molecule has 0 heterocycles. The maximum absolute atomic E-state index is 15.5. The lowest BCUT2D eigenvalue weighted by atomic mass is 9.88. The third-order valence-corrected chi connectivity index (χ3v) is 11.0. The molecule has 0 N–H and O–H groups in total. The molecule has 378 valence electrons. The highest BCUT2D eigenvalue weighted by atomic mass is 19.4. The lowest BCUT2D eigenvalue weighted by molar-refractivity contribution is -0.958. The van der Waals surface area contributed by atoms with Crippen LogP contribution in [0.5, 0.6) is 17.2 Å². The Morgan fingerprint density at radius 3 is 1.07 bits per heavy atom. The largest absolute Gasteiger partial charge is 0.864 e. The van der Waals surface area contributed by atoms with E-state index in [1.165, 1.54) is 0 Å². The summed E-state index contributed by atoms with van der Waals surface area (Å²) in [5, 5.41) is 0. The third kappa shape index (κ3) is 16.5. The molecule has 4 nitrogen and oxygen atoms in total. The van der Waals surface area contributed by atoms with Crippen molar-refractivity contribution >= 4 is 7.32 Å². The predicted molar refractivity (Wildman–Crippen MR) is 213 cm³/mol. The number of quaternary nitrogens is 1. The highest BCUT2D eigenvalue weighted by Crippen LogP contribution is 2.50. The Morgan fingerprint density at radius 1 is 0.403 bits per heavy atom. The van der Waals surface area contributed by atoms with Gasteiger partial charge in [-0.05, 0) is 74.2 Å². The van der Waals surface area contributed by atoms with E-state index in [2.05, 4.69) is 0 Å². The smallest absolute Gasteiger partial charge is 0.490 e. The Kier molecular flexibility index (Phi) is 19.6. The molecule has 1 atom stereocenters. The van der Waals surface area contributed by atoms with Crippen LogP contribution in [0.15, 0.2) is 48.5 Å². The van der Waals surface area contributed by atoms with Gasteiger partial charge in [0.25, 0.3) is 0 Å². The maximum atomic E-state index is 15.5. The summed E-state index contributed by atoms with van der Waals surface area (Å²) in [4.78, 5) is 0. The first-order chi connectivity index (χ1) is 30.8. The summed E-state index contributed by atoms with van der Waals surface area (Å²) in [6.07, 6.45) is -28.4. The molecular formula is C44H51BF18NO3+. The summed E-state index contributed by atoms with van der Waals surface area (Å²) in [6, 6.07) is -2.86. The van der Waals surface area contributed by atoms with E-state index in [0.29, 0.717) is 57.8 Å². The number of halogens is 18. The number of hydrogen-bond donors (Lipinski definition) is 0. The van der Waals surface area contributed by atoms with Crippen LogP contribution >= 0.6 is 0 Å².